The van der Waals surface area contributed by atoms with Crippen molar-refractivity contribution in [1.82, 2.24) is 15.0 Å². The van der Waals surface area contributed by atoms with Gasteiger partial charge >= 0.3 is 0 Å². The van der Waals surface area contributed by atoms with Gasteiger partial charge in [0.2, 0.25) is 5.91 Å². The Hall–Kier alpha value is -1.40. The van der Waals surface area contributed by atoms with Crippen LogP contribution >= 0.6 is 0 Å². The zero-order chi connectivity index (χ0) is 16.2. The van der Waals surface area contributed by atoms with E-state index in [1.165, 1.54) is 0 Å². The first-order valence-corrected chi connectivity index (χ1v) is 8.72. The summed E-state index contributed by atoms with van der Waals surface area (Å²) in [7, 11) is 0. The van der Waals surface area contributed by atoms with Gasteiger partial charge in [-0.25, -0.2) is 0 Å². The lowest BCUT2D eigenvalue weighted by Crippen LogP contribution is -2.52. The fraction of sp³-hybridized carbons (Fsp3) is 0.765. The number of carbonyl (C=O) groups excluding carboxylic acids is 1. The summed E-state index contributed by atoms with van der Waals surface area (Å²) in [6.45, 7) is 8.98. The van der Waals surface area contributed by atoms with Crippen molar-refractivity contribution >= 4 is 5.91 Å². The van der Waals surface area contributed by atoms with Gasteiger partial charge in [0.15, 0.2) is 0 Å². The van der Waals surface area contributed by atoms with Crippen molar-refractivity contribution in [2.45, 2.75) is 45.8 Å². The third-order valence-electron chi connectivity index (χ3n) is 4.91. The molecule has 0 spiro atoms. The molecule has 3 heterocycles. The van der Waals surface area contributed by atoms with Gasteiger partial charge in [-0.1, -0.05) is 12.1 Å². The summed E-state index contributed by atoms with van der Waals surface area (Å²) in [5.41, 5.74) is 0.967. The molecule has 2 aliphatic rings. The van der Waals surface area contributed by atoms with Gasteiger partial charge in [0, 0.05) is 45.4 Å². The first-order valence-electron chi connectivity index (χ1n) is 8.72. The summed E-state index contributed by atoms with van der Waals surface area (Å²) < 4.78 is 10.9. The number of hydrogen-bond donors (Lipinski definition) is 0. The SMILES string of the molecule is CCC1OCCCC1C(=O)N1CCN(Cc2cc(C)on2)CC1. The van der Waals surface area contributed by atoms with E-state index in [0.717, 1.165) is 70.0 Å². The minimum absolute atomic E-state index is 0.0542. The zero-order valence-electron chi connectivity index (χ0n) is 14.2. The molecule has 6 nitrogen and oxygen atoms in total. The maximum absolute atomic E-state index is 12.8. The number of ether oxygens (including phenoxy) is 1. The number of amides is 1. The fourth-order valence-corrected chi connectivity index (χ4v) is 3.61. The maximum atomic E-state index is 12.8. The number of hydrogen-bond acceptors (Lipinski definition) is 5. The molecule has 3 rings (SSSR count). The molecule has 2 saturated heterocycles. The maximum Gasteiger partial charge on any atom is 0.228 e. The van der Waals surface area contributed by atoms with Crippen LogP contribution in [-0.4, -0.2) is 59.8 Å². The molecule has 0 aliphatic carbocycles. The van der Waals surface area contributed by atoms with Crippen LogP contribution in [0.4, 0.5) is 0 Å². The molecule has 6 heteroatoms. The third kappa shape index (κ3) is 3.93. The first-order chi connectivity index (χ1) is 11.2. The molecule has 0 aromatic carbocycles. The van der Waals surface area contributed by atoms with Crippen molar-refractivity contribution in [3.05, 3.63) is 17.5 Å². The zero-order valence-corrected chi connectivity index (χ0v) is 14.2. The van der Waals surface area contributed by atoms with Crippen molar-refractivity contribution < 1.29 is 14.1 Å². The lowest BCUT2D eigenvalue weighted by atomic mass is 9.91. The van der Waals surface area contributed by atoms with E-state index >= 15 is 0 Å². The molecule has 2 aliphatic heterocycles. The van der Waals surface area contributed by atoms with Crippen molar-refractivity contribution in [2.75, 3.05) is 32.8 Å². The predicted octanol–water partition coefficient (Wildman–Crippen LogP) is 1.83. The van der Waals surface area contributed by atoms with Crippen molar-refractivity contribution in [2.24, 2.45) is 5.92 Å². The first kappa shape index (κ1) is 16.5. The normalized spacial score (nSPS) is 26.4. The van der Waals surface area contributed by atoms with E-state index in [1.807, 2.05) is 17.9 Å². The van der Waals surface area contributed by atoms with E-state index in [4.69, 9.17) is 9.26 Å². The summed E-state index contributed by atoms with van der Waals surface area (Å²) in [6, 6.07) is 1.97. The molecular weight excluding hydrogens is 294 g/mol. The summed E-state index contributed by atoms with van der Waals surface area (Å²) in [6.07, 6.45) is 2.99. The lowest BCUT2D eigenvalue weighted by molar-refractivity contribution is -0.147. The van der Waals surface area contributed by atoms with E-state index in [9.17, 15) is 4.79 Å². The number of carbonyl (C=O) groups is 1. The molecule has 2 unspecified atom stereocenters. The van der Waals surface area contributed by atoms with Gasteiger partial charge in [0.05, 0.1) is 17.7 Å². The molecule has 0 radical (unpaired) electrons. The molecule has 128 valence electrons. The van der Waals surface area contributed by atoms with Gasteiger partial charge < -0.3 is 14.2 Å². The Labute approximate surface area is 137 Å². The molecular formula is C17H27N3O3. The van der Waals surface area contributed by atoms with E-state index in [2.05, 4.69) is 17.0 Å². The molecule has 0 N–H and O–H groups in total. The second-order valence-electron chi connectivity index (χ2n) is 6.60. The fourth-order valence-electron chi connectivity index (χ4n) is 3.61. The average molecular weight is 321 g/mol. The number of aromatic nitrogens is 1. The van der Waals surface area contributed by atoms with Crippen LogP contribution in [0.15, 0.2) is 10.6 Å². The van der Waals surface area contributed by atoms with Gasteiger partial charge in [-0.15, -0.1) is 0 Å². The minimum atomic E-state index is 0.0542. The highest BCUT2D eigenvalue weighted by atomic mass is 16.5. The van der Waals surface area contributed by atoms with Crippen LogP contribution in [0.5, 0.6) is 0 Å². The monoisotopic (exact) mass is 321 g/mol. The summed E-state index contributed by atoms with van der Waals surface area (Å²) in [4.78, 5) is 17.1. The summed E-state index contributed by atoms with van der Waals surface area (Å²) in [5, 5.41) is 4.04. The Morgan fingerprint density at radius 2 is 2.13 bits per heavy atom. The van der Waals surface area contributed by atoms with E-state index < -0.39 is 0 Å². The Bertz CT molecular complexity index is 523. The Morgan fingerprint density at radius 3 is 2.78 bits per heavy atom. The molecule has 1 aromatic rings. The van der Waals surface area contributed by atoms with Crippen LogP contribution in [0.3, 0.4) is 0 Å². The van der Waals surface area contributed by atoms with E-state index in [1.54, 1.807) is 0 Å². The Kier molecular flexibility index (Phi) is 5.33. The average Bonchev–Trinajstić information content (AvgIpc) is 3.00. The highest BCUT2D eigenvalue weighted by Gasteiger charge is 2.34. The number of rotatable bonds is 4. The van der Waals surface area contributed by atoms with Gasteiger partial charge in [0.1, 0.15) is 5.76 Å². The second kappa shape index (κ2) is 7.45. The smallest absolute Gasteiger partial charge is 0.228 e. The Morgan fingerprint density at radius 1 is 1.35 bits per heavy atom. The van der Waals surface area contributed by atoms with Crippen LogP contribution in [0.1, 0.15) is 37.6 Å². The quantitative estimate of drug-likeness (QED) is 0.847. The van der Waals surface area contributed by atoms with Crippen LogP contribution in [0.25, 0.3) is 0 Å². The van der Waals surface area contributed by atoms with Gasteiger partial charge in [-0.05, 0) is 26.2 Å². The molecule has 2 fully saturated rings. The number of nitrogens with zero attached hydrogens (tertiary/aromatic N) is 3. The standard InChI is InChI=1S/C17H27N3O3/c1-3-16-15(5-4-10-22-16)17(21)20-8-6-19(7-9-20)12-14-11-13(2)23-18-14/h11,15-16H,3-10,12H2,1-2H3. The molecule has 0 bridgehead atoms. The highest BCUT2D eigenvalue weighted by Crippen LogP contribution is 2.25. The molecule has 0 saturated carbocycles. The summed E-state index contributed by atoms with van der Waals surface area (Å²) >= 11 is 0. The second-order valence-corrected chi connectivity index (χ2v) is 6.60. The lowest BCUT2D eigenvalue weighted by Gasteiger charge is -2.38. The van der Waals surface area contributed by atoms with Crippen LogP contribution in [0.2, 0.25) is 0 Å². The largest absolute Gasteiger partial charge is 0.377 e. The number of aryl methyl sites for hydroxylation is 1. The summed E-state index contributed by atoms with van der Waals surface area (Å²) in [5.74, 6) is 1.18. The van der Waals surface area contributed by atoms with Crippen LogP contribution in [0, 0.1) is 12.8 Å². The molecule has 1 aromatic heterocycles. The van der Waals surface area contributed by atoms with Gasteiger partial charge in [0.25, 0.3) is 0 Å². The number of piperazine rings is 1. The van der Waals surface area contributed by atoms with Crippen molar-refractivity contribution in [1.29, 1.82) is 0 Å². The topological polar surface area (TPSA) is 58.8 Å². The van der Waals surface area contributed by atoms with Crippen molar-refractivity contribution in [3.8, 4) is 0 Å². The van der Waals surface area contributed by atoms with Gasteiger partial charge in [-0.2, -0.15) is 0 Å². The highest BCUT2D eigenvalue weighted by molar-refractivity contribution is 5.79. The van der Waals surface area contributed by atoms with Crippen LogP contribution < -0.4 is 0 Å². The van der Waals surface area contributed by atoms with Gasteiger partial charge in [-0.3, -0.25) is 9.69 Å². The van der Waals surface area contributed by atoms with Crippen LogP contribution in [-0.2, 0) is 16.1 Å². The molecule has 23 heavy (non-hydrogen) atoms. The van der Waals surface area contributed by atoms with Crippen molar-refractivity contribution in [3.63, 3.8) is 0 Å². The van der Waals surface area contributed by atoms with E-state index in [-0.39, 0.29) is 17.9 Å². The Balaban J connectivity index is 1.50. The minimum Gasteiger partial charge on any atom is -0.377 e. The third-order valence-corrected chi connectivity index (χ3v) is 4.91. The van der Waals surface area contributed by atoms with E-state index in [0.29, 0.717) is 0 Å². The predicted molar refractivity (Wildman–Crippen MR) is 85.9 cm³/mol. The molecule has 1 amide bonds. The molecule has 2 atom stereocenters.